The highest BCUT2D eigenvalue weighted by atomic mass is 16.3. The van der Waals surface area contributed by atoms with E-state index in [0.29, 0.717) is 12.0 Å². The summed E-state index contributed by atoms with van der Waals surface area (Å²) in [6.45, 7) is 1.84. The van der Waals surface area contributed by atoms with Crippen LogP contribution in [0.3, 0.4) is 0 Å². The van der Waals surface area contributed by atoms with Crippen molar-refractivity contribution in [1.82, 2.24) is 0 Å². The molecule has 0 aliphatic heterocycles. The van der Waals surface area contributed by atoms with Crippen LogP contribution in [0.2, 0.25) is 0 Å². The number of ketones is 1. The Morgan fingerprint density at radius 3 is 2.59 bits per heavy atom. The maximum atomic E-state index is 11.6. The molecule has 0 aliphatic rings. The third kappa shape index (κ3) is 2.36. The fourth-order valence-electron chi connectivity index (χ4n) is 1.78. The lowest BCUT2D eigenvalue weighted by molar-refractivity contribution is 0.0988. The van der Waals surface area contributed by atoms with Crippen molar-refractivity contribution in [2.45, 2.75) is 13.3 Å². The van der Waals surface area contributed by atoms with Crippen molar-refractivity contribution in [2.75, 3.05) is 0 Å². The molecule has 86 valence electrons. The average molecular weight is 226 g/mol. The van der Waals surface area contributed by atoms with E-state index in [1.165, 1.54) is 0 Å². The van der Waals surface area contributed by atoms with Crippen molar-refractivity contribution in [3.05, 3.63) is 54.1 Å². The molecule has 2 rings (SSSR count). The number of para-hydroxylation sites is 1. The first-order valence-electron chi connectivity index (χ1n) is 5.64. The van der Waals surface area contributed by atoms with E-state index in [-0.39, 0.29) is 11.5 Å². The van der Waals surface area contributed by atoms with Gasteiger partial charge in [0.05, 0.1) is 0 Å². The van der Waals surface area contributed by atoms with Crippen LogP contribution in [0.1, 0.15) is 23.7 Å². The second-order valence-electron chi connectivity index (χ2n) is 3.87. The van der Waals surface area contributed by atoms with Crippen LogP contribution >= 0.6 is 0 Å². The molecule has 17 heavy (non-hydrogen) atoms. The van der Waals surface area contributed by atoms with Gasteiger partial charge in [0.15, 0.2) is 5.78 Å². The second-order valence-corrected chi connectivity index (χ2v) is 3.87. The second kappa shape index (κ2) is 4.83. The highest BCUT2D eigenvalue weighted by molar-refractivity contribution is 5.97. The van der Waals surface area contributed by atoms with Crippen molar-refractivity contribution in [1.29, 1.82) is 0 Å². The molecule has 0 aliphatic carbocycles. The molecular weight excluding hydrogens is 212 g/mol. The Kier molecular flexibility index (Phi) is 3.24. The normalized spacial score (nSPS) is 10.2. The lowest BCUT2D eigenvalue weighted by Crippen LogP contribution is -1.96. The molecule has 0 heterocycles. The zero-order valence-corrected chi connectivity index (χ0v) is 9.68. The van der Waals surface area contributed by atoms with Crippen molar-refractivity contribution in [3.8, 4) is 16.9 Å². The summed E-state index contributed by atoms with van der Waals surface area (Å²) < 4.78 is 0. The van der Waals surface area contributed by atoms with Gasteiger partial charge in [-0.3, -0.25) is 4.79 Å². The van der Waals surface area contributed by atoms with Gasteiger partial charge in [-0.2, -0.15) is 0 Å². The smallest absolute Gasteiger partial charge is 0.162 e. The number of carbonyl (C=O) groups is 1. The Balaban J connectivity index is 2.47. The van der Waals surface area contributed by atoms with Gasteiger partial charge in [0.1, 0.15) is 5.75 Å². The minimum atomic E-state index is 0.113. The van der Waals surface area contributed by atoms with Crippen LogP contribution in [0.4, 0.5) is 0 Å². The lowest BCUT2D eigenvalue weighted by atomic mass is 10.00. The fourth-order valence-corrected chi connectivity index (χ4v) is 1.78. The molecule has 2 aromatic carbocycles. The summed E-state index contributed by atoms with van der Waals surface area (Å²) in [6, 6.07) is 14.5. The van der Waals surface area contributed by atoms with Crippen LogP contribution in [0, 0.1) is 0 Å². The van der Waals surface area contributed by atoms with Crippen molar-refractivity contribution in [2.24, 2.45) is 0 Å². The van der Waals surface area contributed by atoms with E-state index in [4.69, 9.17) is 0 Å². The minimum absolute atomic E-state index is 0.113. The van der Waals surface area contributed by atoms with Crippen LogP contribution in [0.25, 0.3) is 11.1 Å². The molecular formula is C15H14O2. The van der Waals surface area contributed by atoms with E-state index in [1.54, 1.807) is 18.2 Å². The Labute approximate surface area is 101 Å². The molecule has 0 amide bonds. The first kappa shape index (κ1) is 11.4. The third-order valence-corrected chi connectivity index (χ3v) is 2.72. The molecule has 0 atom stereocenters. The number of hydrogen-bond donors (Lipinski definition) is 1. The number of carbonyl (C=O) groups excluding carboxylic acids is 1. The molecule has 0 fully saturated rings. The predicted molar refractivity (Wildman–Crippen MR) is 68.2 cm³/mol. The summed E-state index contributed by atoms with van der Waals surface area (Å²) in [7, 11) is 0. The molecule has 1 N–H and O–H groups in total. The van der Waals surface area contributed by atoms with Gasteiger partial charge >= 0.3 is 0 Å². The van der Waals surface area contributed by atoms with E-state index < -0.39 is 0 Å². The SMILES string of the molecule is CCC(=O)c1cccc(-c2ccccc2O)c1. The van der Waals surface area contributed by atoms with Crippen LogP contribution < -0.4 is 0 Å². The zero-order valence-electron chi connectivity index (χ0n) is 9.68. The van der Waals surface area contributed by atoms with Crippen LogP contribution in [-0.4, -0.2) is 10.9 Å². The van der Waals surface area contributed by atoms with Crippen LogP contribution in [-0.2, 0) is 0 Å². The number of Topliss-reactive ketones (excluding diaryl/α,β-unsaturated/α-hetero) is 1. The van der Waals surface area contributed by atoms with Gasteiger partial charge in [-0.05, 0) is 17.7 Å². The number of phenolic OH excluding ortho intramolecular Hbond substituents is 1. The van der Waals surface area contributed by atoms with E-state index in [2.05, 4.69) is 0 Å². The van der Waals surface area contributed by atoms with Crippen molar-refractivity contribution >= 4 is 5.78 Å². The summed E-state index contributed by atoms with van der Waals surface area (Å²) in [5.74, 6) is 0.343. The summed E-state index contributed by atoms with van der Waals surface area (Å²) in [5.41, 5.74) is 2.30. The third-order valence-electron chi connectivity index (χ3n) is 2.72. The Bertz CT molecular complexity index is 544. The minimum Gasteiger partial charge on any atom is -0.507 e. The molecule has 0 aromatic heterocycles. The van der Waals surface area contributed by atoms with Crippen LogP contribution in [0.5, 0.6) is 5.75 Å². The zero-order chi connectivity index (χ0) is 12.3. The number of benzene rings is 2. The van der Waals surface area contributed by atoms with E-state index >= 15 is 0 Å². The summed E-state index contributed by atoms with van der Waals surface area (Å²) in [6.07, 6.45) is 0.490. The van der Waals surface area contributed by atoms with Gasteiger partial charge in [0, 0.05) is 17.5 Å². The van der Waals surface area contributed by atoms with E-state index in [1.807, 2.05) is 37.3 Å². The molecule has 0 unspecified atom stereocenters. The average Bonchev–Trinajstić information content (AvgIpc) is 2.38. The van der Waals surface area contributed by atoms with Gasteiger partial charge in [0.25, 0.3) is 0 Å². The number of aromatic hydroxyl groups is 1. The molecule has 2 nitrogen and oxygen atoms in total. The molecule has 0 bridgehead atoms. The lowest BCUT2D eigenvalue weighted by Gasteiger charge is -2.06. The maximum Gasteiger partial charge on any atom is 0.162 e. The fraction of sp³-hybridized carbons (Fsp3) is 0.133. The van der Waals surface area contributed by atoms with Gasteiger partial charge in [0.2, 0.25) is 0 Å². The highest BCUT2D eigenvalue weighted by Crippen LogP contribution is 2.29. The highest BCUT2D eigenvalue weighted by Gasteiger charge is 2.07. The summed E-state index contributed by atoms with van der Waals surface area (Å²) in [4.78, 5) is 11.6. The Morgan fingerprint density at radius 1 is 1.12 bits per heavy atom. The van der Waals surface area contributed by atoms with Gasteiger partial charge in [-0.25, -0.2) is 0 Å². The van der Waals surface area contributed by atoms with Crippen molar-refractivity contribution in [3.63, 3.8) is 0 Å². The molecule has 2 heteroatoms. The van der Waals surface area contributed by atoms with Gasteiger partial charge < -0.3 is 5.11 Å². The van der Waals surface area contributed by atoms with Gasteiger partial charge in [-0.15, -0.1) is 0 Å². The van der Waals surface area contributed by atoms with E-state index in [9.17, 15) is 9.90 Å². The Morgan fingerprint density at radius 2 is 1.88 bits per heavy atom. The van der Waals surface area contributed by atoms with Crippen LogP contribution in [0.15, 0.2) is 48.5 Å². The molecule has 0 radical (unpaired) electrons. The largest absolute Gasteiger partial charge is 0.507 e. The topological polar surface area (TPSA) is 37.3 Å². The molecule has 2 aromatic rings. The first-order chi connectivity index (χ1) is 8.22. The quantitative estimate of drug-likeness (QED) is 0.811. The van der Waals surface area contributed by atoms with Crippen molar-refractivity contribution < 1.29 is 9.90 Å². The Hall–Kier alpha value is -2.09. The number of rotatable bonds is 3. The molecule has 0 saturated carbocycles. The monoisotopic (exact) mass is 226 g/mol. The number of hydrogen-bond acceptors (Lipinski definition) is 2. The molecule has 0 spiro atoms. The standard InChI is InChI=1S/C15H14O2/c1-2-14(16)12-7-5-6-11(10-12)13-8-3-4-9-15(13)17/h3-10,17H,2H2,1H3. The van der Waals surface area contributed by atoms with Gasteiger partial charge in [-0.1, -0.05) is 43.3 Å². The first-order valence-corrected chi connectivity index (χ1v) is 5.64. The molecule has 0 saturated heterocycles. The van der Waals surface area contributed by atoms with E-state index in [0.717, 1.165) is 11.1 Å². The maximum absolute atomic E-state index is 11.6. The predicted octanol–water partition coefficient (Wildman–Crippen LogP) is 3.65. The summed E-state index contributed by atoms with van der Waals surface area (Å²) >= 11 is 0. The summed E-state index contributed by atoms with van der Waals surface area (Å²) in [5, 5.41) is 9.77. The number of phenols is 1.